The van der Waals surface area contributed by atoms with Gasteiger partial charge in [0, 0.05) is 6.08 Å². The number of carboxylic acid groups (broad SMARTS) is 1. The third-order valence-electron chi connectivity index (χ3n) is 1.01. The number of carbonyl (C=O) groups is 2. The fraction of sp³-hybridized carbons (Fsp3) is 0.400. The van der Waals surface area contributed by atoms with E-state index in [1.165, 1.54) is 0 Å². The van der Waals surface area contributed by atoms with E-state index in [1.807, 2.05) is 0 Å². The average molecular weight is 216 g/mol. The molecule has 86 valence electrons. The molecule has 0 amide bonds. The van der Waals surface area contributed by atoms with E-state index in [2.05, 4.69) is 22.6 Å². The number of hydrogen-bond donors (Lipinski definition) is 1. The van der Waals surface area contributed by atoms with Gasteiger partial charge in [0.25, 0.3) is 0 Å². The third kappa shape index (κ3) is 12.2. The third-order valence-corrected chi connectivity index (χ3v) is 1.01. The number of aliphatic carboxylic acids is 1. The number of carboxylic acids is 1. The Morgan fingerprint density at radius 3 is 1.87 bits per heavy atom. The van der Waals surface area contributed by atoms with E-state index in [0.717, 1.165) is 6.08 Å². The summed E-state index contributed by atoms with van der Waals surface area (Å²) in [6.07, 6.45) is 1.14. The summed E-state index contributed by atoms with van der Waals surface area (Å²) in [6.45, 7) is 10.6. The van der Waals surface area contributed by atoms with Crippen LogP contribution in [0.1, 0.15) is 13.8 Å². The molecular formula is C10H16O5. The molecule has 0 unspecified atom stereocenters. The smallest absolute Gasteiger partial charge is 0.370 e. The van der Waals surface area contributed by atoms with Crippen molar-refractivity contribution in [1.29, 1.82) is 0 Å². The zero-order valence-electron chi connectivity index (χ0n) is 8.99. The molecule has 15 heavy (non-hydrogen) atoms. The van der Waals surface area contributed by atoms with Crippen LogP contribution in [0.25, 0.3) is 0 Å². The maximum atomic E-state index is 10.1. The van der Waals surface area contributed by atoms with Gasteiger partial charge in [0.2, 0.25) is 0 Å². The lowest BCUT2D eigenvalue weighted by Crippen LogP contribution is -2.02. The van der Waals surface area contributed by atoms with E-state index in [0.29, 0.717) is 13.2 Å². The van der Waals surface area contributed by atoms with Crippen molar-refractivity contribution in [3.05, 3.63) is 25.0 Å². The van der Waals surface area contributed by atoms with Crippen LogP contribution in [0.3, 0.4) is 0 Å². The van der Waals surface area contributed by atoms with E-state index >= 15 is 0 Å². The molecule has 0 fully saturated rings. The molecule has 0 aliphatic heterocycles. The van der Waals surface area contributed by atoms with Crippen molar-refractivity contribution >= 4 is 11.9 Å². The monoisotopic (exact) mass is 216 g/mol. The molecule has 0 saturated heterocycles. The summed E-state index contributed by atoms with van der Waals surface area (Å²) in [5.41, 5.74) is 0. The Morgan fingerprint density at radius 1 is 1.27 bits per heavy atom. The van der Waals surface area contributed by atoms with Crippen LogP contribution in [0.15, 0.2) is 25.0 Å². The van der Waals surface area contributed by atoms with E-state index in [9.17, 15) is 9.59 Å². The minimum Gasteiger partial charge on any atom is -0.487 e. The summed E-state index contributed by atoms with van der Waals surface area (Å²) in [5, 5.41) is 8.09. The average Bonchev–Trinajstić information content (AvgIpc) is 2.19. The Bertz CT molecular complexity index is 232. The summed E-state index contributed by atoms with van der Waals surface area (Å²) in [5.74, 6) is -1.66. The van der Waals surface area contributed by atoms with Crippen LogP contribution in [-0.2, 0) is 19.1 Å². The Hall–Kier alpha value is -1.78. The highest BCUT2D eigenvalue weighted by molar-refractivity contribution is 5.83. The Kier molecular flexibility index (Phi) is 10.8. The predicted molar refractivity (Wildman–Crippen MR) is 55.2 cm³/mol. The topological polar surface area (TPSA) is 72.8 Å². The minimum absolute atomic E-state index is 0.201. The fourth-order valence-electron chi connectivity index (χ4n) is 0.437. The molecule has 5 heteroatoms. The lowest BCUT2D eigenvalue weighted by molar-refractivity contribution is -0.137. The van der Waals surface area contributed by atoms with Crippen molar-refractivity contribution in [2.75, 3.05) is 13.2 Å². The van der Waals surface area contributed by atoms with Gasteiger partial charge in [-0.15, -0.1) is 0 Å². The largest absolute Gasteiger partial charge is 0.487 e. The first-order valence-electron chi connectivity index (χ1n) is 4.33. The van der Waals surface area contributed by atoms with Crippen LogP contribution >= 0.6 is 0 Å². The summed E-state index contributed by atoms with van der Waals surface area (Å²) in [4.78, 5) is 19.9. The number of rotatable bonds is 5. The van der Waals surface area contributed by atoms with Gasteiger partial charge in [-0.05, 0) is 20.4 Å². The van der Waals surface area contributed by atoms with Gasteiger partial charge >= 0.3 is 11.9 Å². The summed E-state index contributed by atoms with van der Waals surface area (Å²) in [7, 11) is 0. The van der Waals surface area contributed by atoms with Gasteiger partial charge in [-0.3, -0.25) is 0 Å². The Balaban J connectivity index is 0. The molecule has 0 atom stereocenters. The first-order chi connectivity index (χ1) is 6.99. The molecule has 0 spiro atoms. The molecule has 0 aromatic heterocycles. The number of hydrogen-bond acceptors (Lipinski definition) is 4. The molecule has 5 nitrogen and oxygen atoms in total. The van der Waals surface area contributed by atoms with Gasteiger partial charge in [0.1, 0.15) is 0 Å². The normalized spacial score (nSPS) is 7.87. The lowest BCUT2D eigenvalue weighted by atomic mass is 10.6. The molecule has 1 N–H and O–H groups in total. The zero-order valence-corrected chi connectivity index (χ0v) is 8.99. The first-order valence-corrected chi connectivity index (χ1v) is 4.33. The minimum atomic E-state index is -1.10. The van der Waals surface area contributed by atoms with Crippen molar-refractivity contribution in [2.45, 2.75) is 13.8 Å². The summed E-state index contributed by atoms with van der Waals surface area (Å²) < 4.78 is 8.94. The van der Waals surface area contributed by atoms with Crippen molar-refractivity contribution in [3.63, 3.8) is 0 Å². The van der Waals surface area contributed by atoms with Gasteiger partial charge in [-0.1, -0.05) is 6.58 Å². The van der Waals surface area contributed by atoms with Crippen molar-refractivity contribution < 1.29 is 24.2 Å². The van der Waals surface area contributed by atoms with Gasteiger partial charge < -0.3 is 14.6 Å². The van der Waals surface area contributed by atoms with E-state index in [4.69, 9.17) is 5.11 Å². The molecule has 0 aromatic carbocycles. The number of ether oxygens (including phenoxy) is 2. The Labute approximate surface area is 89.0 Å². The Morgan fingerprint density at radius 2 is 1.73 bits per heavy atom. The van der Waals surface area contributed by atoms with E-state index in [-0.39, 0.29) is 11.7 Å². The lowest BCUT2D eigenvalue weighted by Gasteiger charge is -1.97. The second-order valence-corrected chi connectivity index (χ2v) is 2.12. The molecule has 0 aliphatic carbocycles. The standard InChI is InChI=1S/C5H8O3.C5H8O2/c1-3-8-4(2)5(6)7;1-3-5(6)7-4-2/h2-3H2,1H3,(H,6,7);3H,1,4H2,2H3. The van der Waals surface area contributed by atoms with Gasteiger partial charge in [-0.25, -0.2) is 9.59 Å². The molecule has 0 radical (unpaired) electrons. The second-order valence-electron chi connectivity index (χ2n) is 2.12. The van der Waals surface area contributed by atoms with Gasteiger partial charge in [0.15, 0.2) is 5.76 Å². The first kappa shape index (κ1) is 15.7. The van der Waals surface area contributed by atoms with Gasteiger partial charge in [-0.2, -0.15) is 0 Å². The molecule has 0 rings (SSSR count). The molecule has 0 aliphatic rings. The highest BCUT2D eigenvalue weighted by atomic mass is 16.5. The molecular weight excluding hydrogens is 200 g/mol. The second kappa shape index (κ2) is 10.3. The van der Waals surface area contributed by atoms with Crippen LogP contribution in [0.4, 0.5) is 0 Å². The highest BCUT2D eigenvalue weighted by Crippen LogP contribution is 1.90. The molecule has 0 bridgehead atoms. The number of esters is 1. The molecule has 0 saturated carbocycles. The van der Waals surface area contributed by atoms with Crippen LogP contribution in [0.5, 0.6) is 0 Å². The van der Waals surface area contributed by atoms with Crippen LogP contribution in [0, 0.1) is 0 Å². The molecule has 0 aromatic rings. The summed E-state index contributed by atoms with van der Waals surface area (Å²) in [6, 6.07) is 0. The SMILES string of the molecule is C=C(OCC)C(=O)O.C=CC(=O)OCC. The van der Waals surface area contributed by atoms with Crippen molar-refractivity contribution in [3.8, 4) is 0 Å². The zero-order chi connectivity index (χ0) is 12.3. The van der Waals surface area contributed by atoms with Gasteiger partial charge in [0.05, 0.1) is 13.2 Å². The van der Waals surface area contributed by atoms with Crippen LogP contribution in [-0.4, -0.2) is 30.3 Å². The number of carbonyl (C=O) groups excluding carboxylic acids is 1. The van der Waals surface area contributed by atoms with Crippen LogP contribution < -0.4 is 0 Å². The highest BCUT2D eigenvalue weighted by Gasteiger charge is 2.00. The summed E-state index contributed by atoms with van der Waals surface area (Å²) >= 11 is 0. The van der Waals surface area contributed by atoms with E-state index < -0.39 is 5.97 Å². The van der Waals surface area contributed by atoms with Crippen molar-refractivity contribution in [1.82, 2.24) is 0 Å². The maximum absolute atomic E-state index is 10.1. The molecule has 0 heterocycles. The van der Waals surface area contributed by atoms with E-state index in [1.54, 1.807) is 13.8 Å². The van der Waals surface area contributed by atoms with Crippen LogP contribution in [0.2, 0.25) is 0 Å². The quantitative estimate of drug-likeness (QED) is 0.426. The fourth-order valence-corrected chi connectivity index (χ4v) is 0.437. The predicted octanol–water partition coefficient (Wildman–Crippen LogP) is 1.36. The maximum Gasteiger partial charge on any atom is 0.370 e. The van der Waals surface area contributed by atoms with Crippen molar-refractivity contribution in [2.24, 2.45) is 0 Å².